The van der Waals surface area contributed by atoms with Crippen molar-refractivity contribution < 1.29 is 19.4 Å². The van der Waals surface area contributed by atoms with Crippen molar-refractivity contribution in [2.45, 2.75) is 44.1 Å². The summed E-state index contributed by atoms with van der Waals surface area (Å²) in [6, 6.07) is 6.36. The average Bonchev–Trinajstić information content (AvgIpc) is 2.55. The van der Waals surface area contributed by atoms with Crippen LogP contribution in [0.25, 0.3) is 0 Å². The first kappa shape index (κ1) is 17.8. The van der Waals surface area contributed by atoms with Crippen molar-refractivity contribution in [2.75, 3.05) is 13.2 Å². The van der Waals surface area contributed by atoms with Crippen molar-refractivity contribution in [1.82, 2.24) is 5.32 Å². The molecule has 0 aliphatic carbocycles. The van der Waals surface area contributed by atoms with Crippen LogP contribution in [-0.2, 0) is 19.7 Å². The van der Waals surface area contributed by atoms with Crippen LogP contribution in [0, 0.1) is 0 Å². The molecule has 1 fully saturated rings. The van der Waals surface area contributed by atoms with Gasteiger partial charge in [-0.3, -0.25) is 4.79 Å². The van der Waals surface area contributed by atoms with E-state index in [2.05, 4.69) is 5.32 Å². The number of aliphatic carboxylic acids is 1. The largest absolute Gasteiger partial charge is 0.480 e. The normalized spacial score (nSPS) is 18.2. The summed E-state index contributed by atoms with van der Waals surface area (Å²) in [4.78, 5) is 24.3. The van der Waals surface area contributed by atoms with Gasteiger partial charge in [-0.1, -0.05) is 43.1 Å². The molecule has 2 rings (SSSR count). The van der Waals surface area contributed by atoms with Gasteiger partial charge < -0.3 is 15.2 Å². The van der Waals surface area contributed by atoms with Gasteiger partial charge in [-0.2, -0.15) is 0 Å². The van der Waals surface area contributed by atoms with E-state index >= 15 is 0 Å². The molecule has 0 aromatic heterocycles. The van der Waals surface area contributed by atoms with Gasteiger partial charge >= 0.3 is 5.97 Å². The molecule has 1 amide bonds. The summed E-state index contributed by atoms with van der Waals surface area (Å²) in [6.45, 7) is 2.79. The third-order valence-electron chi connectivity index (χ3n) is 4.35. The lowest BCUT2D eigenvalue weighted by atomic mass is 9.73. The fourth-order valence-electron chi connectivity index (χ4n) is 3.03. The first-order valence-electron chi connectivity index (χ1n) is 7.88. The van der Waals surface area contributed by atoms with E-state index in [0.717, 1.165) is 5.56 Å². The number of ether oxygens (including phenoxy) is 1. The number of carboxylic acids is 1. The van der Waals surface area contributed by atoms with Gasteiger partial charge in [0, 0.05) is 18.2 Å². The Hall–Kier alpha value is -1.59. The monoisotopic (exact) mass is 339 g/mol. The Balaban J connectivity index is 2.33. The lowest BCUT2D eigenvalue weighted by Crippen LogP contribution is -2.53. The van der Waals surface area contributed by atoms with Gasteiger partial charge in [0.05, 0.1) is 5.41 Å². The molecule has 1 aromatic rings. The van der Waals surface area contributed by atoms with Crippen molar-refractivity contribution >= 4 is 23.5 Å². The fourth-order valence-corrected chi connectivity index (χ4v) is 3.35. The van der Waals surface area contributed by atoms with Crippen LogP contribution >= 0.6 is 11.6 Å². The smallest absolute Gasteiger partial charge is 0.326 e. The molecule has 1 saturated heterocycles. The molecule has 1 aromatic carbocycles. The van der Waals surface area contributed by atoms with Crippen LogP contribution in [-0.4, -0.2) is 36.2 Å². The molecule has 1 heterocycles. The van der Waals surface area contributed by atoms with Crippen molar-refractivity contribution in [3.05, 3.63) is 34.9 Å². The first-order valence-corrected chi connectivity index (χ1v) is 8.25. The molecule has 23 heavy (non-hydrogen) atoms. The maximum absolute atomic E-state index is 13.0. The maximum atomic E-state index is 13.0. The Kier molecular flexibility index (Phi) is 6.02. The Bertz CT molecular complexity index is 569. The summed E-state index contributed by atoms with van der Waals surface area (Å²) in [6.07, 6.45) is 2.05. The molecule has 126 valence electrons. The number of amides is 1. The molecule has 0 unspecified atom stereocenters. The van der Waals surface area contributed by atoms with E-state index in [1.807, 2.05) is 25.1 Å². The number of carbonyl (C=O) groups is 2. The SMILES string of the molecule is CCC[C@H](NC(=O)C1(c2ccccc2Cl)CCOCC1)C(=O)O. The Morgan fingerprint density at radius 2 is 2.00 bits per heavy atom. The Morgan fingerprint density at radius 1 is 1.35 bits per heavy atom. The molecule has 2 N–H and O–H groups in total. The molecule has 0 bridgehead atoms. The summed E-state index contributed by atoms with van der Waals surface area (Å²) < 4.78 is 5.40. The summed E-state index contributed by atoms with van der Waals surface area (Å²) in [5.74, 6) is -1.30. The fraction of sp³-hybridized carbons (Fsp3) is 0.529. The number of carboxylic acid groups (broad SMARTS) is 1. The van der Waals surface area contributed by atoms with Gasteiger partial charge in [-0.05, 0) is 30.9 Å². The van der Waals surface area contributed by atoms with Gasteiger partial charge in [0.25, 0.3) is 0 Å². The molecule has 1 aliphatic heterocycles. The molecular weight excluding hydrogens is 318 g/mol. The van der Waals surface area contributed by atoms with E-state index in [1.54, 1.807) is 6.07 Å². The molecule has 1 atom stereocenters. The third-order valence-corrected chi connectivity index (χ3v) is 4.68. The van der Waals surface area contributed by atoms with Crippen molar-refractivity contribution in [3.8, 4) is 0 Å². The number of halogens is 1. The standard InChI is InChI=1S/C17H22ClNO4/c1-2-5-14(15(20)21)19-16(22)17(8-10-23-11-9-17)12-6-3-4-7-13(12)18/h3-4,6-7,14H,2,5,8-11H2,1H3,(H,19,22)(H,20,21)/t14-/m0/s1. The van der Waals surface area contributed by atoms with Crippen LogP contribution in [0.2, 0.25) is 5.02 Å². The number of carbonyl (C=O) groups excluding carboxylic acids is 1. The molecular formula is C17H22ClNO4. The van der Waals surface area contributed by atoms with Gasteiger partial charge in [-0.15, -0.1) is 0 Å². The summed E-state index contributed by atoms with van der Waals surface area (Å²) in [5, 5.41) is 12.5. The molecule has 0 radical (unpaired) electrons. The van der Waals surface area contributed by atoms with E-state index in [0.29, 0.717) is 43.9 Å². The quantitative estimate of drug-likeness (QED) is 0.835. The van der Waals surface area contributed by atoms with Crippen molar-refractivity contribution in [1.29, 1.82) is 0 Å². The minimum Gasteiger partial charge on any atom is -0.480 e. The van der Waals surface area contributed by atoms with E-state index in [-0.39, 0.29) is 5.91 Å². The molecule has 0 spiro atoms. The minimum atomic E-state index is -1.01. The first-order chi connectivity index (χ1) is 11.0. The number of hydrogen-bond donors (Lipinski definition) is 2. The highest BCUT2D eigenvalue weighted by molar-refractivity contribution is 6.31. The van der Waals surface area contributed by atoms with Crippen LogP contribution in [0.4, 0.5) is 0 Å². The zero-order chi connectivity index (χ0) is 16.9. The number of rotatable bonds is 6. The van der Waals surface area contributed by atoms with Crippen molar-refractivity contribution in [2.24, 2.45) is 0 Å². The van der Waals surface area contributed by atoms with Crippen LogP contribution in [0.15, 0.2) is 24.3 Å². The highest BCUT2D eigenvalue weighted by Gasteiger charge is 2.44. The third kappa shape index (κ3) is 3.85. The zero-order valence-electron chi connectivity index (χ0n) is 13.2. The van der Waals surface area contributed by atoms with Gasteiger partial charge in [0.2, 0.25) is 5.91 Å². The van der Waals surface area contributed by atoms with Crippen molar-refractivity contribution in [3.63, 3.8) is 0 Å². The van der Waals surface area contributed by atoms with E-state index in [4.69, 9.17) is 16.3 Å². The van der Waals surface area contributed by atoms with Crippen LogP contribution in [0.1, 0.15) is 38.2 Å². The number of benzene rings is 1. The van der Waals surface area contributed by atoms with E-state index in [9.17, 15) is 14.7 Å². The molecule has 0 saturated carbocycles. The zero-order valence-corrected chi connectivity index (χ0v) is 13.9. The molecule has 5 nitrogen and oxygen atoms in total. The van der Waals surface area contributed by atoms with Gasteiger partial charge in [0.15, 0.2) is 0 Å². The summed E-state index contributed by atoms with van der Waals surface area (Å²) in [7, 11) is 0. The summed E-state index contributed by atoms with van der Waals surface area (Å²) >= 11 is 6.31. The highest BCUT2D eigenvalue weighted by atomic mass is 35.5. The predicted molar refractivity (Wildman–Crippen MR) is 87.7 cm³/mol. The van der Waals surface area contributed by atoms with Crippen LogP contribution < -0.4 is 5.32 Å². The Labute approximate surface area is 141 Å². The lowest BCUT2D eigenvalue weighted by Gasteiger charge is -2.37. The molecule has 1 aliphatic rings. The highest BCUT2D eigenvalue weighted by Crippen LogP contribution is 2.39. The van der Waals surface area contributed by atoms with E-state index < -0.39 is 17.4 Å². The summed E-state index contributed by atoms with van der Waals surface area (Å²) in [5.41, 5.74) is -0.0963. The topological polar surface area (TPSA) is 75.6 Å². The second-order valence-electron chi connectivity index (χ2n) is 5.83. The minimum absolute atomic E-state index is 0.283. The second-order valence-corrected chi connectivity index (χ2v) is 6.23. The van der Waals surface area contributed by atoms with E-state index in [1.165, 1.54) is 0 Å². The lowest BCUT2D eigenvalue weighted by molar-refractivity contribution is -0.143. The predicted octanol–water partition coefficient (Wildman–Crippen LogP) is 2.76. The van der Waals surface area contributed by atoms with Crippen LogP contribution in [0.3, 0.4) is 0 Å². The molecule has 6 heteroatoms. The number of nitrogens with one attached hydrogen (secondary N) is 1. The Morgan fingerprint density at radius 3 is 2.57 bits per heavy atom. The number of hydrogen-bond acceptors (Lipinski definition) is 3. The average molecular weight is 340 g/mol. The second kappa shape index (κ2) is 7.79. The van der Waals surface area contributed by atoms with Gasteiger partial charge in [0.1, 0.15) is 6.04 Å². The van der Waals surface area contributed by atoms with Crippen LogP contribution in [0.5, 0.6) is 0 Å². The maximum Gasteiger partial charge on any atom is 0.326 e. The van der Waals surface area contributed by atoms with Gasteiger partial charge in [-0.25, -0.2) is 4.79 Å².